The number of nitrogens with zero attached hydrogens (tertiary/aromatic N) is 3. The lowest BCUT2D eigenvalue weighted by molar-refractivity contribution is -0.192. The molecule has 36 heavy (non-hydrogen) atoms. The first kappa shape index (κ1) is 27.0. The summed E-state index contributed by atoms with van der Waals surface area (Å²) in [7, 11) is 1.99. The van der Waals surface area contributed by atoms with E-state index in [2.05, 4.69) is 23.2 Å². The number of para-hydroxylation sites is 1. The molecule has 2 aromatic carbocycles. The van der Waals surface area contributed by atoms with Gasteiger partial charge in [-0.1, -0.05) is 37.3 Å². The number of nitrogens with one attached hydrogen (secondary N) is 1. The summed E-state index contributed by atoms with van der Waals surface area (Å²) in [6.07, 6.45) is -3.30. The van der Waals surface area contributed by atoms with Gasteiger partial charge in [0.05, 0.1) is 12.1 Å². The molecule has 8 nitrogen and oxygen atoms in total. The molecule has 2 aliphatic heterocycles. The van der Waals surface area contributed by atoms with Gasteiger partial charge in [0.1, 0.15) is 0 Å². The Balaban J connectivity index is 0.000000454. The molecule has 2 fully saturated rings. The number of aryl methyl sites for hydroxylation is 1. The number of halogens is 3. The van der Waals surface area contributed by atoms with Crippen LogP contribution >= 0.6 is 0 Å². The Bertz CT molecular complexity index is 1100. The van der Waals surface area contributed by atoms with Crippen LogP contribution in [0.1, 0.15) is 18.9 Å². The summed E-state index contributed by atoms with van der Waals surface area (Å²) in [5.41, 5.74) is 2.73. The topological polar surface area (TPSA) is 93.2 Å². The SMILES string of the molecule is CCc1cccc(NC(=O)N2CCC3(C2)CN(c2ccccc2)C(=O)CN3C)c1.O=C(O)C(F)(F)F. The van der Waals surface area contributed by atoms with Crippen molar-refractivity contribution in [1.82, 2.24) is 9.80 Å². The van der Waals surface area contributed by atoms with Crippen molar-refractivity contribution in [3.63, 3.8) is 0 Å². The number of carbonyl (C=O) groups excluding carboxylic acids is 2. The Kier molecular flexibility index (Phi) is 8.24. The van der Waals surface area contributed by atoms with Crippen LogP contribution in [0.2, 0.25) is 0 Å². The van der Waals surface area contributed by atoms with Crippen molar-refractivity contribution >= 4 is 29.3 Å². The highest BCUT2D eigenvalue weighted by Gasteiger charge is 2.48. The number of carboxylic acids is 1. The van der Waals surface area contributed by atoms with E-state index < -0.39 is 12.1 Å². The van der Waals surface area contributed by atoms with Crippen LogP contribution in [0, 0.1) is 0 Å². The molecule has 1 unspecified atom stereocenters. The Hall–Kier alpha value is -3.60. The first-order chi connectivity index (χ1) is 16.9. The Morgan fingerprint density at radius 1 is 1.08 bits per heavy atom. The molecule has 4 rings (SSSR count). The molecular weight excluding hydrogens is 477 g/mol. The van der Waals surface area contributed by atoms with Crippen LogP contribution in [-0.2, 0) is 16.0 Å². The third-order valence-electron chi connectivity index (χ3n) is 6.45. The number of likely N-dealkylation sites (N-methyl/N-ethyl adjacent to an activating group) is 1. The van der Waals surface area contributed by atoms with Gasteiger partial charge in [-0.2, -0.15) is 13.2 Å². The van der Waals surface area contributed by atoms with Crippen LogP contribution in [0.4, 0.5) is 29.3 Å². The zero-order chi connectivity index (χ0) is 26.5. The number of alkyl halides is 3. The van der Waals surface area contributed by atoms with Gasteiger partial charge >= 0.3 is 18.2 Å². The molecule has 0 radical (unpaired) electrons. The van der Waals surface area contributed by atoms with Gasteiger partial charge in [-0.25, -0.2) is 9.59 Å². The van der Waals surface area contributed by atoms with E-state index in [0.717, 1.165) is 24.2 Å². The normalized spacial score (nSPS) is 20.2. The van der Waals surface area contributed by atoms with Crippen LogP contribution in [0.25, 0.3) is 0 Å². The lowest BCUT2D eigenvalue weighted by Gasteiger charge is -2.46. The van der Waals surface area contributed by atoms with Gasteiger partial charge in [-0.3, -0.25) is 9.69 Å². The predicted octanol–water partition coefficient (Wildman–Crippen LogP) is 3.84. The maximum atomic E-state index is 12.9. The van der Waals surface area contributed by atoms with Gasteiger partial charge in [-0.05, 0) is 49.7 Å². The number of carboxylic acid groups (broad SMARTS) is 1. The zero-order valence-corrected chi connectivity index (χ0v) is 20.1. The second-order valence-corrected chi connectivity index (χ2v) is 8.85. The molecule has 0 aliphatic carbocycles. The van der Waals surface area contributed by atoms with Crippen molar-refractivity contribution in [2.24, 2.45) is 0 Å². The number of hydrogen-bond acceptors (Lipinski definition) is 4. The fraction of sp³-hybridized carbons (Fsp3) is 0.400. The molecule has 11 heteroatoms. The maximum absolute atomic E-state index is 12.9. The minimum atomic E-state index is -5.08. The highest BCUT2D eigenvalue weighted by atomic mass is 19.4. The van der Waals surface area contributed by atoms with Crippen molar-refractivity contribution in [2.75, 3.05) is 43.4 Å². The Morgan fingerprint density at radius 2 is 1.75 bits per heavy atom. The third-order valence-corrected chi connectivity index (χ3v) is 6.45. The highest BCUT2D eigenvalue weighted by Crippen LogP contribution is 2.33. The van der Waals surface area contributed by atoms with E-state index in [4.69, 9.17) is 9.90 Å². The molecule has 194 valence electrons. The van der Waals surface area contributed by atoms with Gasteiger partial charge in [-0.15, -0.1) is 0 Å². The fourth-order valence-corrected chi connectivity index (χ4v) is 4.34. The van der Waals surface area contributed by atoms with E-state index in [1.807, 2.05) is 65.4 Å². The second kappa shape index (κ2) is 11.0. The van der Waals surface area contributed by atoms with Crippen molar-refractivity contribution < 1.29 is 32.7 Å². The number of carbonyl (C=O) groups is 3. The summed E-state index contributed by atoms with van der Waals surface area (Å²) in [6, 6.07) is 17.7. The molecule has 2 aliphatic rings. The maximum Gasteiger partial charge on any atom is 0.490 e. The quantitative estimate of drug-likeness (QED) is 0.660. The largest absolute Gasteiger partial charge is 0.490 e. The van der Waals surface area contributed by atoms with E-state index in [1.165, 1.54) is 5.56 Å². The van der Waals surface area contributed by atoms with E-state index in [1.54, 1.807) is 0 Å². The summed E-state index contributed by atoms with van der Waals surface area (Å²) in [4.78, 5) is 40.3. The standard InChI is InChI=1S/C23H28N4O2.C2HF3O2/c1-3-18-8-7-9-19(14-18)24-22(29)26-13-12-23(16-26)17-27(21(28)15-25(23)2)20-10-5-4-6-11-20;3-2(4,5)1(6)7/h4-11,14H,3,12-13,15-17H2,1-2H3,(H,24,29);(H,6,7). The predicted molar refractivity (Wildman–Crippen MR) is 129 cm³/mol. The Labute approximate surface area is 207 Å². The van der Waals surface area contributed by atoms with Gasteiger partial charge in [0.2, 0.25) is 5.91 Å². The summed E-state index contributed by atoms with van der Waals surface area (Å²) in [5, 5.41) is 10.2. The average Bonchev–Trinajstić information content (AvgIpc) is 3.27. The Morgan fingerprint density at radius 3 is 2.36 bits per heavy atom. The van der Waals surface area contributed by atoms with E-state index >= 15 is 0 Å². The number of likely N-dealkylation sites (tertiary alicyclic amines) is 1. The van der Waals surface area contributed by atoms with Crippen molar-refractivity contribution in [2.45, 2.75) is 31.5 Å². The summed E-state index contributed by atoms with van der Waals surface area (Å²) in [5.74, 6) is -2.66. The van der Waals surface area contributed by atoms with E-state index in [-0.39, 0.29) is 17.5 Å². The molecule has 2 aromatic rings. The number of amides is 3. The lowest BCUT2D eigenvalue weighted by atomic mass is 9.92. The molecule has 0 saturated carbocycles. The molecular formula is C25H29F3N4O4. The van der Waals surface area contributed by atoms with E-state index in [0.29, 0.717) is 26.2 Å². The minimum Gasteiger partial charge on any atom is -0.475 e. The average molecular weight is 507 g/mol. The molecule has 0 bridgehead atoms. The molecule has 1 spiro atoms. The van der Waals surface area contributed by atoms with Gasteiger partial charge < -0.3 is 20.2 Å². The van der Waals surface area contributed by atoms with Crippen LogP contribution in [0.15, 0.2) is 54.6 Å². The number of benzene rings is 2. The molecule has 0 aromatic heterocycles. The molecule has 2 saturated heterocycles. The lowest BCUT2D eigenvalue weighted by Crippen LogP contribution is -2.64. The van der Waals surface area contributed by atoms with Gasteiger partial charge in [0.15, 0.2) is 0 Å². The molecule has 2 heterocycles. The molecule has 1 atom stereocenters. The van der Waals surface area contributed by atoms with E-state index in [9.17, 15) is 22.8 Å². The number of urea groups is 1. The van der Waals surface area contributed by atoms with Crippen LogP contribution < -0.4 is 10.2 Å². The molecule has 3 amide bonds. The summed E-state index contributed by atoms with van der Waals surface area (Å²) >= 11 is 0. The van der Waals surface area contributed by atoms with Crippen molar-refractivity contribution in [3.05, 3.63) is 60.2 Å². The number of piperazine rings is 1. The van der Waals surface area contributed by atoms with Crippen molar-refractivity contribution in [3.8, 4) is 0 Å². The number of hydrogen-bond donors (Lipinski definition) is 2. The zero-order valence-electron chi connectivity index (χ0n) is 20.1. The number of anilines is 2. The first-order valence-corrected chi connectivity index (χ1v) is 11.5. The number of aliphatic carboxylic acids is 1. The molecule has 2 N–H and O–H groups in total. The monoisotopic (exact) mass is 506 g/mol. The second-order valence-electron chi connectivity index (χ2n) is 8.85. The first-order valence-electron chi connectivity index (χ1n) is 11.5. The van der Waals surface area contributed by atoms with Crippen LogP contribution in [-0.4, -0.2) is 77.8 Å². The summed E-state index contributed by atoms with van der Waals surface area (Å²) in [6.45, 7) is 4.36. The smallest absolute Gasteiger partial charge is 0.475 e. The van der Waals surface area contributed by atoms with Crippen molar-refractivity contribution in [1.29, 1.82) is 0 Å². The minimum absolute atomic E-state index is 0.0771. The third kappa shape index (κ3) is 6.34. The fourth-order valence-electron chi connectivity index (χ4n) is 4.34. The van der Waals surface area contributed by atoms with Gasteiger partial charge in [0, 0.05) is 31.0 Å². The van der Waals surface area contributed by atoms with Gasteiger partial charge in [0.25, 0.3) is 0 Å². The van der Waals surface area contributed by atoms with Crippen LogP contribution in [0.5, 0.6) is 0 Å². The number of rotatable bonds is 3. The summed E-state index contributed by atoms with van der Waals surface area (Å²) < 4.78 is 31.7. The highest BCUT2D eigenvalue weighted by molar-refractivity contribution is 5.96. The van der Waals surface area contributed by atoms with Crippen LogP contribution in [0.3, 0.4) is 0 Å².